The van der Waals surface area contributed by atoms with Gasteiger partial charge in [0.25, 0.3) is 0 Å². The highest BCUT2D eigenvalue weighted by molar-refractivity contribution is 7.98. The maximum absolute atomic E-state index is 5.95. The van der Waals surface area contributed by atoms with E-state index in [1.807, 2.05) is 24.3 Å². The van der Waals surface area contributed by atoms with E-state index >= 15 is 0 Å². The van der Waals surface area contributed by atoms with E-state index < -0.39 is 0 Å². The van der Waals surface area contributed by atoms with Crippen LogP contribution in [-0.4, -0.2) is 29.9 Å². The van der Waals surface area contributed by atoms with Crippen LogP contribution in [0.2, 0.25) is 5.02 Å². The van der Waals surface area contributed by atoms with Gasteiger partial charge in [-0.15, -0.1) is 11.8 Å². The summed E-state index contributed by atoms with van der Waals surface area (Å²) in [4.78, 5) is 5.48. The summed E-state index contributed by atoms with van der Waals surface area (Å²) in [5.41, 5.74) is 0. The number of benzene rings is 1. The molecule has 0 saturated carbocycles. The largest absolute Gasteiger partial charge is 0.378 e. The molecule has 0 amide bonds. The van der Waals surface area contributed by atoms with E-state index in [1.54, 1.807) is 11.8 Å². The number of rotatable bonds is 4. The van der Waals surface area contributed by atoms with Crippen molar-refractivity contribution in [1.82, 2.24) is 15.5 Å². The third-order valence-corrected chi connectivity index (χ3v) is 4.09. The fourth-order valence-electron chi connectivity index (χ4n) is 1.90. The minimum atomic E-state index is 0.00108. The Kier molecular flexibility index (Phi) is 4.57. The fraction of sp³-hybridized carbons (Fsp3) is 0.385. The van der Waals surface area contributed by atoms with E-state index in [-0.39, 0.29) is 6.04 Å². The van der Waals surface area contributed by atoms with Gasteiger partial charge in [0.2, 0.25) is 5.89 Å². The van der Waals surface area contributed by atoms with Crippen LogP contribution in [0.3, 0.4) is 0 Å². The fourth-order valence-corrected chi connectivity index (χ4v) is 2.95. The van der Waals surface area contributed by atoms with Gasteiger partial charge in [0, 0.05) is 16.5 Å². The van der Waals surface area contributed by atoms with Gasteiger partial charge in [0.1, 0.15) is 6.04 Å². The molecule has 0 bridgehead atoms. The first-order chi connectivity index (χ1) is 9.81. The van der Waals surface area contributed by atoms with Crippen molar-refractivity contribution in [3.63, 3.8) is 0 Å². The van der Waals surface area contributed by atoms with Crippen LogP contribution in [0.1, 0.15) is 17.8 Å². The van der Waals surface area contributed by atoms with E-state index in [9.17, 15) is 0 Å². The normalized spacial score (nSPS) is 19.1. The van der Waals surface area contributed by atoms with Crippen LogP contribution in [0, 0.1) is 0 Å². The number of morpholine rings is 1. The minimum absolute atomic E-state index is 0.00108. The third-order valence-electron chi connectivity index (χ3n) is 2.87. The number of nitrogens with zero attached hydrogens (tertiary/aromatic N) is 2. The molecule has 2 heterocycles. The lowest BCUT2D eigenvalue weighted by atomic mass is 10.3. The van der Waals surface area contributed by atoms with Crippen molar-refractivity contribution in [1.29, 1.82) is 0 Å². The van der Waals surface area contributed by atoms with Gasteiger partial charge >= 0.3 is 0 Å². The lowest BCUT2D eigenvalue weighted by Gasteiger charge is -2.20. The van der Waals surface area contributed by atoms with Gasteiger partial charge in [-0.1, -0.05) is 22.8 Å². The number of hydrogen-bond donors (Lipinski definition) is 1. The van der Waals surface area contributed by atoms with Crippen molar-refractivity contribution in [3.8, 4) is 0 Å². The molecular formula is C13H14ClN3O2S. The van der Waals surface area contributed by atoms with Crippen LogP contribution in [0.4, 0.5) is 0 Å². The van der Waals surface area contributed by atoms with Gasteiger partial charge in [-0.3, -0.25) is 0 Å². The molecule has 0 aliphatic carbocycles. The van der Waals surface area contributed by atoms with Crippen LogP contribution in [0.25, 0.3) is 0 Å². The molecule has 0 radical (unpaired) electrons. The van der Waals surface area contributed by atoms with Gasteiger partial charge in [0.15, 0.2) is 5.82 Å². The van der Waals surface area contributed by atoms with Crippen molar-refractivity contribution in [2.24, 2.45) is 0 Å². The van der Waals surface area contributed by atoms with Crippen LogP contribution >= 0.6 is 23.4 Å². The SMILES string of the molecule is Clc1cccc(SCc2noc(C3COCCN3)n2)c1. The van der Waals surface area contributed by atoms with Crippen molar-refractivity contribution < 1.29 is 9.26 Å². The van der Waals surface area contributed by atoms with Gasteiger partial charge in [-0.05, 0) is 18.2 Å². The Morgan fingerprint density at radius 2 is 2.40 bits per heavy atom. The summed E-state index contributed by atoms with van der Waals surface area (Å²) in [5, 5.41) is 8.01. The quantitative estimate of drug-likeness (QED) is 0.876. The summed E-state index contributed by atoms with van der Waals surface area (Å²) in [6, 6.07) is 7.71. The van der Waals surface area contributed by atoms with Gasteiger partial charge in [0.05, 0.1) is 19.0 Å². The molecule has 20 heavy (non-hydrogen) atoms. The Hall–Kier alpha value is -1.08. The topological polar surface area (TPSA) is 60.2 Å². The molecule has 1 aromatic carbocycles. The molecule has 1 fully saturated rings. The molecule has 1 saturated heterocycles. The predicted molar refractivity (Wildman–Crippen MR) is 76.9 cm³/mol. The number of ether oxygens (including phenoxy) is 1. The number of thioether (sulfide) groups is 1. The third kappa shape index (κ3) is 3.52. The van der Waals surface area contributed by atoms with Crippen LogP contribution in [0.5, 0.6) is 0 Å². The minimum Gasteiger partial charge on any atom is -0.378 e. The van der Waals surface area contributed by atoms with Crippen LogP contribution in [-0.2, 0) is 10.5 Å². The first-order valence-electron chi connectivity index (χ1n) is 6.33. The lowest BCUT2D eigenvalue weighted by Crippen LogP contribution is -2.34. The van der Waals surface area contributed by atoms with E-state index in [0.717, 1.165) is 23.1 Å². The van der Waals surface area contributed by atoms with E-state index in [0.29, 0.717) is 24.1 Å². The van der Waals surface area contributed by atoms with E-state index in [4.69, 9.17) is 20.9 Å². The van der Waals surface area contributed by atoms with Crippen LogP contribution in [0.15, 0.2) is 33.7 Å². The smallest absolute Gasteiger partial charge is 0.246 e. The van der Waals surface area contributed by atoms with Gasteiger partial charge in [-0.2, -0.15) is 4.98 Å². The highest BCUT2D eigenvalue weighted by Crippen LogP contribution is 2.24. The van der Waals surface area contributed by atoms with Crippen molar-refractivity contribution >= 4 is 23.4 Å². The first-order valence-corrected chi connectivity index (χ1v) is 7.69. The summed E-state index contributed by atoms with van der Waals surface area (Å²) in [5.74, 6) is 1.92. The van der Waals surface area contributed by atoms with Crippen molar-refractivity contribution in [2.75, 3.05) is 19.8 Å². The Morgan fingerprint density at radius 3 is 3.20 bits per heavy atom. The maximum Gasteiger partial charge on any atom is 0.246 e. The average Bonchev–Trinajstić information content (AvgIpc) is 2.95. The number of nitrogens with one attached hydrogen (secondary N) is 1. The number of aromatic nitrogens is 2. The molecule has 3 rings (SSSR count). The van der Waals surface area contributed by atoms with E-state index in [1.165, 1.54) is 0 Å². The molecular weight excluding hydrogens is 298 g/mol. The summed E-state index contributed by atoms with van der Waals surface area (Å²) in [7, 11) is 0. The molecule has 1 unspecified atom stereocenters. The Morgan fingerprint density at radius 1 is 1.45 bits per heavy atom. The second-order valence-corrected chi connectivity index (χ2v) is 5.86. The Bertz CT molecular complexity index is 572. The first kappa shape index (κ1) is 13.9. The molecule has 1 atom stereocenters. The molecule has 0 spiro atoms. The van der Waals surface area contributed by atoms with Gasteiger partial charge in [-0.25, -0.2) is 0 Å². The summed E-state index contributed by atoms with van der Waals surface area (Å²) >= 11 is 7.57. The average molecular weight is 312 g/mol. The zero-order valence-corrected chi connectivity index (χ0v) is 12.3. The van der Waals surface area contributed by atoms with Crippen LogP contribution < -0.4 is 5.32 Å². The lowest BCUT2D eigenvalue weighted by molar-refractivity contribution is 0.0659. The molecule has 1 aromatic heterocycles. The van der Waals surface area contributed by atoms with Crippen molar-refractivity contribution in [2.45, 2.75) is 16.7 Å². The molecule has 1 aliphatic rings. The molecule has 106 valence electrons. The Labute approximate surface area is 126 Å². The monoisotopic (exact) mass is 311 g/mol. The summed E-state index contributed by atoms with van der Waals surface area (Å²) in [6.45, 7) is 2.10. The van der Waals surface area contributed by atoms with E-state index in [2.05, 4.69) is 15.5 Å². The summed E-state index contributed by atoms with van der Waals surface area (Å²) in [6.07, 6.45) is 0. The second kappa shape index (κ2) is 6.58. The highest BCUT2D eigenvalue weighted by atomic mass is 35.5. The zero-order chi connectivity index (χ0) is 13.8. The zero-order valence-electron chi connectivity index (χ0n) is 10.7. The molecule has 1 aliphatic heterocycles. The van der Waals surface area contributed by atoms with Gasteiger partial charge < -0.3 is 14.6 Å². The highest BCUT2D eigenvalue weighted by Gasteiger charge is 2.21. The standard InChI is InChI=1S/C13H14ClN3O2S/c14-9-2-1-3-10(6-9)20-8-12-16-13(19-17-12)11-7-18-5-4-15-11/h1-3,6,11,15H,4-5,7-8H2. The second-order valence-electron chi connectivity index (χ2n) is 4.38. The number of halogens is 1. The number of hydrogen-bond acceptors (Lipinski definition) is 6. The molecule has 7 heteroatoms. The molecule has 5 nitrogen and oxygen atoms in total. The van der Waals surface area contributed by atoms with Crippen molar-refractivity contribution in [3.05, 3.63) is 41.0 Å². The maximum atomic E-state index is 5.95. The molecule has 1 N–H and O–H groups in total. The summed E-state index contributed by atoms with van der Waals surface area (Å²) < 4.78 is 10.7. The Balaban J connectivity index is 1.59. The molecule has 2 aromatic rings. The predicted octanol–water partition coefficient (Wildman–Crippen LogP) is 2.68.